The van der Waals surface area contributed by atoms with E-state index < -0.39 is 6.04 Å². The van der Waals surface area contributed by atoms with E-state index in [-0.39, 0.29) is 5.91 Å². The van der Waals surface area contributed by atoms with Crippen molar-refractivity contribution in [1.82, 2.24) is 20.2 Å². The van der Waals surface area contributed by atoms with Crippen LogP contribution < -0.4 is 4.90 Å². The van der Waals surface area contributed by atoms with E-state index in [1.165, 1.54) is 15.9 Å². The zero-order chi connectivity index (χ0) is 19.0. The van der Waals surface area contributed by atoms with Crippen LogP contribution in [-0.2, 0) is 11.2 Å². The van der Waals surface area contributed by atoms with E-state index in [0.29, 0.717) is 18.3 Å². The minimum absolute atomic E-state index is 0.0148. The number of carbonyl (C=O) groups excluding carboxylic acids is 1. The third-order valence-corrected chi connectivity index (χ3v) is 5.12. The van der Waals surface area contributed by atoms with Crippen molar-refractivity contribution in [3.63, 3.8) is 0 Å². The van der Waals surface area contributed by atoms with Crippen molar-refractivity contribution in [2.45, 2.75) is 39.2 Å². The van der Waals surface area contributed by atoms with Crippen LogP contribution in [0.1, 0.15) is 43.9 Å². The molecule has 0 spiro atoms. The number of hydrogen-bond acceptors (Lipinski definition) is 4. The number of fused-ring (bicyclic) bond motifs is 1. The summed E-state index contributed by atoms with van der Waals surface area (Å²) >= 11 is 0. The minimum Gasteiger partial charge on any atom is -0.310 e. The molecular formula is C21H23N5O. The van der Waals surface area contributed by atoms with Gasteiger partial charge in [-0.25, -0.2) is 0 Å². The average Bonchev–Trinajstić information content (AvgIpc) is 3.34. The zero-order valence-electron chi connectivity index (χ0n) is 15.8. The summed E-state index contributed by atoms with van der Waals surface area (Å²) in [7, 11) is 0. The smallest absolute Gasteiger partial charge is 0.253 e. The number of para-hydroxylation sites is 1. The molecule has 1 aromatic heterocycles. The summed E-state index contributed by atoms with van der Waals surface area (Å²) in [6.07, 6.45) is 0.882. The molecule has 0 saturated heterocycles. The van der Waals surface area contributed by atoms with Crippen LogP contribution in [-0.4, -0.2) is 32.7 Å². The third kappa shape index (κ3) is 3.23. The summed E-state index contributed by atoms with van der Waals surface area (Å²) in [5.41, 5.74) is 4.36. The van der Waals surface area contributed by atoms with Crippen LogP contribution in [0.3, 0.4) is 0 Å². The van der Waals surface area contributed by atoms with E-state index in [9.17, 15) is 4.79 Å². The zero-order valence-corrected chi connectivity index (χ0v) is 15.8. The van der Waals surface area contributed by atoms with Gasteiger partial charge in [-0.05, 0) is 41.7 Å². The molecule has 2 aromatic carbocycles. The van der Waals surface area contributed by atoms with Crippen LogP contribution in [0.4, 0.5) is 5.69 Å². The van der Waals surface area contributed by atoms with E-state index in [4.69, 9.17) is 0 Å². The Morgan fingerprint density at radius 3 is 2.52 bits per heavy atom. The molecule has 0 radical (unpaired) electrons. The summed E-state index contributed by atoms with van der Waals surface area (Å²) in [5, 5.41) is 12.7. The molecule has 0 unspecified atom stereocenters. The number of tetrazole rings is 1. The largest absolute Gasteiger partial charge is 0.310 e. The fraction of sp³-hybridized carbons (Fsp3) is 0.333. The van der Waals surface area contributed by atoms with Gasteiger partial charge >= 0.3 is 0 Å². The Morgan fingerprint density at radius 2 is 1.78 bits per heavy atom. The number of amides is 1. The molecule has 0 fully saturated rings. The van der Waals surface area contributed by atoms with Crippen molar-refractivity contribution in [1.29, 1.82) is 0 Å². The number of anilines is 1. The molecule has 0 N–H and O–H groups in total. The Hall–Kier alpha value is -3.02. The van der Waals surface area contributed by atoms with Crippen LogP contribution in [0.25, 0.3) is 11.4 Å². The van der Waals surface area contributed by atoms with Gasteiger partial charge in [-0.15, -0.1) is 10.2 Å². The molecule has 0 aliphatic carbocycles. The lowest BCUT2D eigenvalue weighted by Gasteiger charge is -2.20. The molecule has 6 heteroatoms. The first-order valence-electron chi connectivity index (χ1n) is 9.33. The Morgan fingerprint density at radius 1 is 1.04 bits per heavy atom. The maximum Gasteiger partial charge on any atom is 0.253 e. The van der Waals surface area contributed by atoms with E-state index in [1.807, 2.05) is 42.2 Å². The summed E-state index contributed by atoms with van der Waals surface area (Å²) in [5.74, 6) is 0.995. The maximum atomic E-state index is 13.0. The van der Waals surface area contributed by atoms with Gasteiger partial charge in [-0.2, -0.15) is 4.80 Å². The van der Waals surface area contributed by atoms with Gasteiger partial charge in [0.1, 0.15) is 6.04 Å². The van der Waals surface area contributed by atoms with Crippen molar-refractivity contribution in [3.05, 3.63) is 59.7 Å². The quantitative estimate of drug-likeness (QED) is 0.712. The molecule has 1 atom stereocenters. The lowest BCUT2D eigenvalue weighted by molar-refractivity contribution is -0.121. The van der Waals surface area contributed by atoms with Crippen molar-refractivity contribution >= 4 is 11.6 Å². The predicted octanol–water partition coefficient (Wildman–Crippen LogP) is 3.61. The number of benzene rings is 2. The molecule has 6 nitrogen and oxygen atoms in total. The molecule has 1 aliphatic rings. The van der Waals surface area contributed by atoms with E-state index in [2.05, 4.69) is 47.5 Å². The second kappa shape index (κ2) is 6.95. The van der Waals surface area contributed by atoms with Gasteiger partial charge < -0.3 is 4.90 Å². The Kier molecular flexibility index (Phi) is 4.48. The van der Waals surface area contributed by atoms with Crippen molar-refractivity contribution < 1.29 is 4.79 Å². The summed E-state index contributed by atoms with van der Waals surface area (Å²) in [4.78, 5) is 16.2. The second-order valence-electron chi connectivity index (χ2n) is 7.25. The molecule has 3 aromatic rings. The number of carbonyl (C=O) groups is 1. The molecule has 27 heavy (non-hydrogen) atoms. The highest BCUT2D eigenvalue weighted by molar-refractivity contribution is 5.97. The Labute approximate surface area is 158 Å². The normalized spacial score (nSPS) is 14.4. The first kappa shape index (κ1) is 17.4. The highest BCUT2D eigenvalue weighted by atomic mass is 16.2. The first-order chi connectivity index (χ1) is 13.0. The highest BCUT2D eigenvalue weighted by Crippen LogP contribution is 2.29. The van der Waals surface area contributed by atoms with Crippen molar-refractivity contribution in [2.75, 3.05) is 11.4 Å². The predicted molar refractivity (Wildman–Crippen MR) is 105 cm³/mol. The molecule has 0 bridgehead atoms. The fourth-order valence-electron chi connectivity index (χ4n) is 3.41. The summed E-state index contributed by atoms with van der Waals surface area (Å²) in [6, 6.07) is 15.7. The summed E-state index contributed by atoms with van der Waals surface area (Å²) in [6.45, 7) is 6.83. The molecule has 1 aliphatic heterocycles. The lowest BCUT2D eigenvalue weighted by Crippen LogP contribution is -2.35. The van der Waals surface area contributed by atoms with Gasteiger partial charge in [0.2, 0.25) is 5.82 Å². The number of nitrogens with zero attached hydrogens (tertiary/aromatic N) is 5. The topological polar surface area (TPSA) is 63.9 Å². The van der Waals surface area contributed by atoms with Gasteiger partial charge in [-0.1, -0.05) is 56.3 Å². The van der Waals surface area contributed by atoms with E-state index in [0.717, 1.165) is 17.7 Å². The van der Waals surface area contributed by atoms with Gasteiger partial charge in [-0.3, -0.25) is 4.79 Å². The van der Waals surface area contributed by atoms with Crippen LogP contribution in [0, 0.1) is 0 Å². The SMILES string of the molecule is CC(C)c1ccc(-c2nnn([C@@H](C)C(=O)N3CCc4ccccc43)n2)cc1. The standard InChI is InChI=1S/C21H23N5O/c1-14(2)16-8-10-18(11-9-16)20-22-24-26(23-20)15(3)21(27)25-13-12-17-6-4-5-7-19(17)25/h4-11,14-15H,12-13H2,1-3H3/t15-/m0/s1. The van der Waals surface area contributed by atoms with Crippen molar-refractivity contribution in [3.8, 4) is 11.4 Å². The lowest BCUT2D eigenvalue weighted by atomic mass is 10.0. The van der Waals surface area contributed by atoms with Gasteiger partial charge in [0, 0.05) is 17.8 Å². The number of hydrogen-bond donors (Lipinski definition) is 0. The van der Waals surface area contributed by atoms with E-state index in [1.54, 1.807) is 0 Å². The fourth-order valence-corrected chi connectivity index (χ4v) is 3.41. The molecule has 138 valence electrons. The Bertz CT molecular complexity index is 961. The monoisotopic (exact) mass is 361 g/mol. The Balaban J connectivity index is 1.53. The van der Waals surface area contributed by atoms with Gasteiger partial charge in [0.05, 0.1) is 0 Å². The second-order valence-corrected chi connectivity index (χ2v) is 7.25. The molecule has 4 rings (SSSR count). The highest BCUT2D eigenvalue weighted by Gasteiger charge is 2.29. The number of aromatic nitrogens is 4. The van der Waals surface area contributed by atoms with Crippen LogP contribution in [0.15, 0.2) is 48.5 Å². The third-order valence-electron chi connectivity index (χ3n) is 5.12. The number of rotatable bonds is 4. The first-order valence-corrected chi connectivity index (χ1v) is 9.33. The van der Waals surface area contributed by atoms with Crippen LogP contribution in [0.5, 0.6) is 0 Å². The van der Waals surface area contributed by atoms with E-state index >= 15 is 0 Å². The van der Waals surface area contributed by atoms with Crippen molar-refractivity contribution in [2.24, 2.45) is 0 Å². The molecular weight excluding hydrogens is 338 g/mol. The molecule has 1 amide bonds. The molecule has 2 heterocycles. The van der Waals surface area contributed by atoms with Gasteiger partial charge in [0.25, 0.3) is 5.91 Å². The van der Waals surface area contributed by atoms with Gasteiger partial charge in [0.15, 0.2) is 0 Å². The van der Waals surface area contributed by atoms with Crippen LogP contribution >= 0.6 is 0 Å². The van der Waals surface area contributed by atoms with Crippen LogP contribution in [0.2, 0.25) is 0 Å². The minimum atomic E-state index is -0.507. The summed E-state index contributed by atoms with van der Waals surface area (Å²) < 4.78 is 0. The molecule has 0 saturated carbocycles. The maximum absolute atomic E-state index is 13.0. The average molecular weight is 361 g/mol.